The third-order valence-corrected chi connectivity index (χ3v) is 3.91. The van der Waals surface area contributed by atoms with Crippen molar-refractivity contribution in [3.63, 3.8) is 0 Å². The lowest BCUT2D eigenvalue weighted by atomic mass is 10.1. The summed E-state index contributed by atoms with van der Waals surface area (Å²) in [7, 11) is -3.14. The zero-order valence-corrected chi connectivity index (χ0v) is 14.2. The Labute approximate surface area is 136 Å². The van der Waals surface area contributed by atoms with Crippen molar-refractivity contribution in [1.82, 2.24) is 4.57 Å². The van der Waals surface area contributed by atoms with Crippen LogP contribution in [0.4, 0.5) is 0 Å². The molecular formula is C17H20N2O3S. The van der Waals surface area contributed by atoms with E-state index in [1.165, 1.54) is 10.8 Å². The molecule has 0 atom stereocenters. The maximum atomic E-state index is 12.7. The first-order chi connectivity index (χ1) is 10.8. The molecule has 2 aromatic rings. The maximum Gasteiger partial charge on any atom is 0.263 e. The number of pyridine rings is 1. The van der Waals surface area contributed by atoms with Crippen LogP contribution in [0.1, 0.15) is 29.8 Å². The number of hydrogen-bond acceptors (Lipinski definition) is 4. The first kappa shape index (κ1) is 17.1. The van der Waals surface area contributed by atoms with Crippen molar-refractivity contribution >= 4 is 15.7 Å². The minimum Gasteiger partial charge on any atom is -0.268 e. The van der Waals surface area contributed by atoms with Crippen LogP contribution in [-0.4, -0.2) is 31.2 Å². The van der Waals surface area contributed by atoms with Crippen LogP contribution in [0.3, 0.4) is 0 Å². The fraction of sp³-hybridized carbons (Fsp3) is 0.294. The molecule has 0 fully saturated rings. The smallest absolute Gasteiger partial charge is 0.263 e. The van der Waals surface area contributed by atoms with Gasteiger partial charge in [-0.2, -0.15) is 0 Å². The van der Waals surface area contributed by atoms with E-state index in [1.54, 1.807) is 42.6 Å². The molecule has 0 aliphatic carbocycles. The third-order valence-electron chi connectivity index (χ3n) is 3.05. The van der Waals surface area contributed by atoms with E-state index in [4.69, 9.17) is 0 Å². The van der Waals surface area contributed by atoms with Gasteiger partial charge >= 0.3 is 0 Å². The lowest BCUT2D eigenvalue weighted by Gasteiger charge is -2.08. The second kappa shape index (κ2) is 6.91. The zero-order valence-electron chi connectivity index (χ0n) is 13.4. The van der Waals surface area contributed by atoms with E-state index in [0.717, 1.165) is 0 Å². The van der Waals surface area contributed by atoms with Gasteiger partial charge in [0.15, 0.2) is 9.84 Å². The van der Waals surface area contributed by atoms with Gasteiger partial charge in [0.1, 0.15) is 5.49 Å². The Kier molecular flexibility index (Phi) is 5.15. The largest absolute Gasteiger partial charge is 0.268 e. The molecule has 1 aromatic heterocycles. The van der Waals surface area contributed by atoms with Crippen LogP contribution in [0.2, 0.25) is 0 Å². The van der Waals surface area contributed by atoms with Crippen molar-refractivity contribution in [3.05, 3.63) is 65.3 Å². The van der Waals surface area contributed by atoms with Gasteiger partial charge in [-0.15, -0.1) is 0 Å². The van der Waals surface area contributed by atoms with E-state index in [0.29, 0.717) is 16.6 Å². The van der Waals surface area contributed by atoms with E-state index in [2.05, 4.69) is 4.99 Å². The van der Waals surface area contributed by atoms with Gasteiger partial charge in [-0.25, -0.2) is 8.42 Å². The first-order valence-electron chi connectivity index (χ1n) is 7.29. The number of aromatic nitrogens is 1. The molecule has 5 nitrogen and oxygen atoms in total. The summed E-state index contributed by atoms with van der Waals surface area (Å²) in [5.74, 6) is -0.322. The summed E-state index contributed by atoms with van der Waals surface area (Å²) < 4.78 is 24.3. The normalized spacial score (nSPS) is 12.6. The average Bonchev–Trinajstić information content (AvgIpc) is 2.45. The summed E-state index contributed by atoms with van der Waals surface area (Å²) in [4.78, 5) is 17.2. The summed E-state index contributed by atoms with van der Waals surface area (Å²) in [5.41, 5.74) is 1.60. The van der Waals surface area contributed by atoms with Gasteiger partial charge in [0.05, 0.1) is 5.75 Å². The molecule has 1 heterocycles. The number of rotatable bonds is 4. The molecule has 0 radical (unpaired) electrons. The van der Waals surface area contributed by atoms with Crippen LogP contribution in [0, 0.1) is 0 Å². The highest BCUT2D eigenvalue weighted by molar-refractivity contribution is 7.89. The average molecular weight is 332 g/mol. The van der Waals surface area contributed by atoms with Gasteiger partial charge in [0, 0.05) is 24.1 Å². The van der Waals surface area contributed by atoms with Crippen molar-refractivity contribution in [3.8, 4) is 0 Å². The SMILES string of the molecule is CC(C)N=c1ccccn1C(=O)c1cccc(CS(C)(=O)=O)c1. The lowest BCUT2D eigenvalue weighted by Crippen LogP contribution is -2.28. The number of hydrogen-bond donors (Lipinski definition) is 0. The van der Waals surface area contributed by atoms with Gasteiger partial charge in [-0.3, -0.25) is 14.4 Å². The monoisotopic (exact) mass is 332 g/mol. The van der Waals surface area contributed by atoms with Gasteiger partial charge < -0.3 is 0 Å². The predicted octanol–water partition coefficient (Wildman–Crippen LogP) is 2.03. The van der Waals surface area contributed by atoms with Crippen LogP contribution in [0.5, 0.6) is 0 Å². The number of sulfone groups is 1. The molecule has 0 saturated heterocycles. The Bertz CT molecular complexity index is 880. The molecule has 0 spiro atoms. The van der Waals surface area contributed by atoms with Crippen molar-refractivity contribution in [2.45, 2.75) is 25.6 Å². The van der Waals surface area contributed by atoms with Crippen molar-refractivity contribution < 1.29 is 13.2 Å². The van der Waals surface area contributed by atoms with Crippen LogP contribution in [0.15, 0.2) is 53.7 Å². The van der Waals surface area contributed by atoms with Crippen molar-refractivity contribution in [2.75, 3.05) is 6.26 Å². The van der Waals surface area contributed by atoms with Crippen LogP contribution in [0.25, 0.3) is 0 Å². The second-order valence-corrected chi connectivity index (χ2v) is 7.87. The predicted molar refractivity (Wildman–Crippen MR) is 89.8 cm³/mol. The molecule has 6 heteroatoms. The van der Waals surface area contributed by atoms with E-state index < -0.39 is 9.84 Å². The summed E-state index contributed by atoms with van der Waals surface area (Å²) in [6, 6.07) is 12.1. The minimum atomic E-state index is -3.14. The van der Waals surface area contributed by atoms with Gasteiger partial charge in [0.25, 0.3) is 5.91 Å². The van der Waals surface area contributed by atoms with E-state index in [-0.39, 0.29) is 17.7 Å². The summed E-state index contributed by atoms with van der Waals surface area (Å²) in [5, 5.41) is 0. The number of benzene rings is 1. The highest BCUT2D eigenvalue weighted by Gasteiger charge is 2.11. The standard InChI is InChI=1S/C17H20N2O3S/c1-13(2)18-16-9-4-5-10-19(16)17(20)15-8-6-7-14(11-15)12-23(3,21)22/h4-11,13H,12H2,1-3H3. The fourth-order valence-electron chi connectivity index (χ4n) is 2.21. The first-order valence-corrected chi connectivity index (χ1v) is 9.35. The minimum absolute atomic E-state index is 0.0630. The molecule has 0 N–H and O–H groups in total. The maximum absolute atomic E-state index is 12.7. The summed E-state index contributed by atoms with van der Waals surface area (Å²) in [6.07, 6.45) is 2.83. The summed E-state index contributed by atoms with van der Waals surface area (Å²) >= 11 is 0. The molecule has 0 amide bonds. The van der Waals surface area contributed by atoms with Crippen LogP contribution >= 0.6 is 0 Å². The number of nitrogens with zero attached hydrogens (tertiary/aromatic N) is 2. The fourth-order valence-corrected chi connectivity index (χ4v) is 3.00. The van der Waals surface area contributed by atoms with Gasteiger partial charge in [-0.1, -0.05) is 18.2 Å². The quantitative estimate of drug-likeness (QED) is 0.860. The van der Waals surface area contributed by atoms with E-state index in [1.807, 2.05) is 19.9 Å². The molecule has 1 aromatic carbocycles. The van der Waals surface area contributed by atoms with E-state index >= 15 is 0 Å². The third kappa shape index (κ3) is 4.89. The molecule has 122 valence electrons. The molecule has 0 aliphatic rings. The molecule has 0 unspecified atom stereocenters. The topological polar surface area (TPSA) is 68.5 Å². The number of carbonyl (C=O) groups is 1. The van der Waals surface area contributed by atoms with E-state index in [9.17, 15) is 13.2 Å². The molecule has 0 aliphatic heterocycles. The summed E-state index contributed by atoms with van der Waals surface area (Å²) in [6.45, 7) is 3.88. The van der Waals surface area contributed by atoms with Gasteiger partial charge in [0.2, 0.25) is 0 Å². The molecular weight excluding hydrogens is 312 g/mol. The molecule has 2 rings (SSSR count). The highest BCUT2D eigenvalue weighted by atomic mass is 32.2. The van der Waals surface area contributed by atoms with Crippen LogP contribution < -0.4 is 5.49 Å². The molecule has 0 bridgehead atoms. The lowest BCUT2D eigenvalue weighted by molar-refractivity contribution is 0.0954. The second-order valence-electron chi connectivity index (χ2n) is 5.73. The molecule has 0 saturated carbocycles. The Morgan fingerprint density at radius 1 is 1.17 bits per heavy atom. The Morgan fingerprint density at radius 3 is 2.57 bits per heavy atom. The van der Waals surface area contributed by atoms with Crippen molar-refractivity contribution in [1.29, 1.82) is 0 Å². The number of carbonyl (C=O) groups excluding carboxylic acids is 1. The highest BCUT2D eigenvalue weighted by Crippen LogP contribution is 2.10. The van der Waals surface area contributed by atoms with Crippen molar-refractivity contribution in [2.24, 2.45) is 4.99 Å². The Hall–Kier alpha value is -2.21. The van der Waals surface area contributed by atoms with Gasteiger partial charge in [-0.05, 0) is 43.7 Å². The molecule has 23 heavy (non-hydrogen) atoms. The Balaban J connectivity index is 2.45. The Morgan fingerprint density at radius 2 is 1.91 bits per heavy atom. The van der Waals surface area contributed by atoms with Crippen LogP contribution in [-0.2, 0) is 15.6 Å². The zero-order chi connectivity index (χ0) is 17.0.